The van der Waals surface area contributed by atoms with Gasteiger partial charge in [-0.15, -0.1) is 0 Å². The van der Waals surface area contributed by atoms with Crippen molar-refractivity contribution in [2.75, 3.05) is 7.11 Å². The highest BCUT2D eigenvalue weighted by Crippen LogP contribution is 2.11. The molecule has 0 rings (SSSR count). The smallest absolute Gasteiger partial charge is 0.142 e. The molecule has 0 aliphatic heterocycles. The Morgan fingerprint density at radius 2 is 1.93 bits per heavy atom. The molecule has 1 unspecified atom stereocenters. The van der Waals surface area contributed by atoms with E-state index in [1.807, 2.05) is 6.08 Å². The van der Waals surface area contributed by atoms with Gasteiger partial charge >= 0.3 is 0 Å². The van der Waals surface area contributed by atoms with Crippen molar-refractivity contribution in [2.24, 2.45) is 0 Å². The van der Waals surface area contributed by atoms with Gasteiger partial charge in [0.2, 0.25) is 0 Å². The number of unbranched alkanes of at least 4 members (excludes halogenated alkanes) is 4. The number of carbonyl (C=O) groups is 1. The van der Waals surface area contributed by atoms with Crippen molar-refractivity contribution >= 4 is 6.29 Å². The summed E-state index contributed by atoms with van der Waals surface area (Å²) in [7, 11) is 1.74. The van der Waals surface area contributed by atoms with Crippen LogP contribution in [0.4, 0.5) is 0 Å². The van der Waals surface area contributed by atoms with E-state index in [0.29, 0.717) is 0 Å². The second-order valence-electron chi connectivity index (χ2n) is 3.86. The highest BCUT2D eigenvalue weighted by molar-refractivity contribution is 5.64. The van der Waals surface area contributed by atoms with Crippen molar-refractivity contribution in [1.29, 1.82) is 0 Å². The molecule has 0 aromatic rings. The van der Waals surface area contributed by atoms with Crippen LogP contribution in [0, 0.1) is 0 Å². The molecule has 0 bridgehead atoms. The highest BCUT2D eigenvalue weighted by atomic mass is 16.5. The first-order valence-corrected chi connectivity index (χ1v) is 5.98. The summed E-state index contributed by atoms with van der Waals surface area (Å²) in [4.78, 5) is 10.1. The summed E-state index contributed by atoms with van der Waals surface area (Å²) in [5.41, 5.74) is 0. The first-order valence-electron chi connectivity index (χ1n) is 5.98. The first kappa shape index (κ1) is 14.4. The van der Waals surface area contributed by atoms with Crippen molar-refractivity contribution in [3.8, 4) is 0 Å². The molecule has 0 radical (unpaired) electrons. The van der Waals surface area contributed by atoms with Crippen LogP contribution in [0.2, 0.25) is 0 Å². The third kappa shape index (κ3) is 9.67. The number of carbonyl (C=O) groups excluding carboxylic acids is 1. The Hall–Kier alpha value is -0.630. The highest BCUT2D eigenvalue weighted by Gasteiger charge is 2.03. The van der Waals surface area contributed by atoms with Gasteiger partial charge in [-0.2, -0.15) is 0 Å². The average Bonchev–Trinajstić information content (AvgIpc) is 2.26. The molecule has 0 aromatic carbocycles. The van der Waals surface area contributed by atoms with E-state index in [9.17, 15) is 4.79 Å². The van der Waals surface area contributed by atoms with Crippen molar-refractivity contribution in [3.05, 3.63) is 12.2 Å². The summed E-state index contributed by atoms with van der Waals surface area (Å²) in [6, 6.07) is 0. The van der Waals surface area contributed by atoms with E-state index < -0.39 is 0 Å². The van der Waals surface area contributed by atoms with Crippen LogP contribution in [0.5, 0.6) is 0 Å². The lowest BCUT2D eigenvalue weighted by molar-refractivity contribution is -0.104. The molecule has 0 fully saturated rings. The number of ether oxygens (including phenoxy) is 1. The predicted molar refractivity (Wildman–Crippen MR) is 64.0 cm³/mol. The molecule has 0 aliphatic rings. The lowest BCUT2D eigenvalue weighted by atomic mass is 10.1. The van der Waals surface area contributed by atoms with Crippen LogP contribution < -0.4 is 0 Å². The number of methoxy groups -OCH3 is 1. The first-order chi connectivity index (χ1) is 7.35. The molecule has 0 heterocycles. The number of rotatable bonds is 10. The minimum Gasteiger partial charge on any atom is -0.381 e. The van der Waals surface area contributed by atoms with E-state index in [1.165, 1.54) is 32.1 Å². The maximum atomic E-state index is 10.1. The number of aldehydes is 1. The Kier molecular flexibility index (Phi) is 11.0. The maximum absolute atomic E-state index is 10.1. The van der Waals surface area contributed by atoms with Crippen LogP contribution in [0.25, 0.3) is 0 Å². The zero-order valence-electron chi connectivity index (χ0n) is 10.1. The van der Waals surface area contributed by atoms with Crippen molar-refractivity contribution in [3.63, 3.8) is 0 Å². The van der Waals surface area contributed by atoms with Gasteiger partial charge in [-0.05, 0) is 18.9 Å². The fourth-order valence-electron chi connectivity index (χ4n) is 1.59. The van der Waals surface area contributed by atoms with Gasteiger partial charge < -0.3 is 4.74 Å². The summed E-state index contributed by atoms with van der Waals surface area (Å²) in [5.74, 6) is 0. The van der Waals surface area contributed by atoms with Gasteiger partial charge in [0.15, 0.2) is 0 Å². The minimum absolute atomic E-state index is 0.280. The molecule has 0 amide bonds. The van der Waals surface area contributed by atoms with E-state index in [-0.39, 0.29) is 6.10 Å². The Balaban J connectivity index is 3.43. The normalized spacial score (nSPS) is 13.2. The molecule has 0 aliphatic carbocycles. The van der Waals surface area contributed by atoms with Crippen molar-refractivity contribution < 1.29 is 9.53 Å². The number of hydrogen-bond donors (Lipinski definition) is 0. The Morgan fingerprint density at radius 3 is 2.53 bits per heavy atom. The largest absolute Gasteiger partial charge is 0.381 e. The van der Waals surface area contributed by atoms with Crippen LogP contribution in [0.15, 0.2) is 12.2 Å². The minimum atomic E-state index is 0.280. The molecule has 2 nitrogen and oxygen atoms in total. The maximum Gasteiger partial charge on any atom is 0.142 e. The summed E-state index contributed by atoms with van der Waals surface area (Å²) in [6.07, 6.45) is 13.0. The molecule has 0 aromatic heterocycles. The van der Waals surface area contributed by atoms with E-state index in [2.05, 4.69) is 6.92 Å². The monoisotopic (exact) mass is 212 g/mol. The second-order valence-corrected chi connectivity index (χ2v) is 3.86. The van der Waals surface area contributed by atoms with E-state index in [4.69, 9.17) is 4.74 Å². The lowest BCUT2D eigenvalue weighted by Gasteiger charge is -2.12. The van der Waals surface area contributed by atoms with Gasteiger partial charge in [0.1, 0.15) is 6.29 Å². The topological polar surface area (TPSA) is 26.3 Å². The summed E-state index contributed by atoms with van der Waals surface area (Å²) >= 11 is 0. The Labute approximate surface area is 93.7 Å². The predicted octanol–water partition coefficient (Wildman–Crippen LogP) is 3.51. The summed E-state index contributed by atoms with van der Waals surface area (Å²) in [5, 5.41) is 0. The fraction of sp³-hybridized carbons (Fsp3) is 0.769. The summed E-state index contributed by atoms with van der Waals surface area (Å²) in [6.45, 7) is 2.22. The van der Waals surface area contributed by atoms with Crippen LogP contribution in [0.3, 0.4) is 0 Å². The zero-order chi connectivity index (χ0) is 11.4. The lowest BCUT2D eigenvalue weighted by Crippen LogP contribution is -2.08. The van der Waals surface area contributed by atoms with Gasteiger partial charge in [0.05, 0.1) is 6.10 Å². The van der Waals surface area contributed by atoms with Crippen LogP contribution in [-0.2, 0) is 9.53 Å². The second kappa shape index (κ2) is 11.4. The molecule has 0 saturated carbocycles. The molecule has 0 N–H and O–H groups in total. The van der Waals surface area contributed by atoms with Gasteiger partial charge in [-0.25, -0.2) is 0 Å². The van der Waals surface area contributed by atoms with Gasteiger partial charge in [-0.1, -0.05) is 45.1 Å². The third-order valence-electron chi connectivity index (χ3n) is 2.58. The number of hydrogen-bond acceptors (Lipinski definition) is 2. The standard InChI is InChI=1S/C13H24O2/c1-3-4-5-6-7-10-13(15-2)11-8-9-12-14/h8-9,12-13H,3-7,10-11H2,1-2H3/b9-8+. The Bertz CT molecular complexity index is 164. The van der Waals surface area contributed by atoms with Crippen molar-refractivity contribution in [2.45, 2.75) is 58.0 Å². The quantitative estimate of drug-likeness (QED) is 0.315. The summed E-state index contributed by atoms with van der Waals surface area (Å²) < 4.78 is 5.34. The van der Waals surface area contributed by atoms with Crippen LogP contribution in [-0.4, -0.2) is 19.5 Å². The molecule has 0 spiro atoms. The average molecular weight is 212 g/mol. The molecular weight excluding hydrogens is 188 g/mol. The zero-order valence-corrected chi connectivity index (χ0v) is 10.1. The third-order valence-corrected chi connectivity index (χ3v) is 2.58. The molecule has 2 heteroatoms. The number of allylic oxidation sites excluding steroid dienone is 1. The van der Waals surface area contributed by atoms with Crippen LogP contribution >= 0.6 is 0 Å². The van der Waals surface area contributed by atoms with Crippen molar-refractivity contribution in [1.82, 2.24) is 0 Å². The molecule has 15 heavy (non-hydrogen) atoms. The molecule has 0 saturated heterocycles. The van der Waals surface area contributed by atoms with E-state index in [1.54, 1.807) is 13.2 Å². The fourth-order valence-corrected chi connectivity index (χ4v) is 1.59. The van der Waals surface area contributed by atoms with E-state index in [0.717, 1.165) is 19.1 Å². The van der Waals surface area contributed by atoms with E-state index >= 15 is 0 Å². The van der Waals surface area contributed by atoms with Gasteiger partial charge in [0.25, 0.3) is 0 Å². The van der Waals surface area contributed by atoms with Gasteiger partial charge in [-0.3, -0.25) is 4.79 Å². The van der Waals surface area contributed by atoms with Gasteiger partial charge in [0, 0.05) is 7.11 Å². The van der Waals surface area contributed by atoms with Crippen LogP contribution in [0.1, 0.15) is 51.9 Å². The molecular formula is C13H24O2. The molecule has 88 valence electrons. The SMILES string of the molecule is CCCCCCCC(C/C=C/C=O)OC. The Morgan fingerprint density at radius 1 is 1.20 bits per heavy atom. The molecule has 1 atom stereocenters.